The average Bonchev–Trinajstić information content (AvgIpc) is 2.77. The summed E-state index contributed by atoms with van der Waals surface area (Å²) in [6.07, 6.45) is 0. The van der Waals surface area contributed by atoms with Crippen molar-refractivity contribution in [1.82, 2.24) is 9.78 Å². The van der Waals surface area contributed by atoms with Gasteiger partial charge in [-0.15, -0.1) is 0 Å². The Kier molecular flexibility index (Phi) is 2.52. The zero-order valence-electron chi connectivity index (χ0n) is 10.4. The molecule has 0 bridgehead atoms. The predicted octanol–water partition coefficient (Wildman–Crippen LogP) is 3.25. The molecular weight excluding hydrogens is 224 g/mol. The van der Waals surface area contributed by atoms with Gasteiger partial charge >= 0.3 is 0 Å². The lowest BCUT2D eigenvalue weighted by Gasteiger charge is -2.01. The van der Waals surface area contributed by atoms with Crippen LogP contribution in [-0.2, 0) is 7.05 Å². The largest absolute Gasteiger partial charge is 0.497 e. The van der Waals surface area contributed by atoms with Crippen molar-refractivity contribution < 1.29 is 4.74 Å². The number of fused-ring (bicyclic) bond motifs is 1. The van der Waals surface area contributed by atoms with E-state index in [9.17, 15) is 0 Å². The Hall–Kier alpha value is -2.29. The third-order valence-electron chi connectivity index (χ3n) is 3.12. The minimum atomic E-state index is 0.860. The predicted molar refractivity (Wildman–Crippen MR) is 72.7 cm³/mol. The number of benzene rings is 2. The van der Waals surface area contributed by atoms with Crippen molar-refractivity contribution in [3.05, 3.63) is 48.5 Å². The average molecular weight is 238 g/mol. The summed E-state index contributed by atoms with van der Waals surface area (Å²) < 4.78 is 7.08. The Balaban J connectivity index is 2.18. The van der Waals surface area contributed by atoms with E-state index in [0.29, 0.717) is 0 Å². The molecule has 0 aliphatic carbocycles. The van der Waals surface area contributed by atoms with Crippen molar-refractivity contribution in [2.24, 2.45) is 7.05 Å². The number of rotatable bonds is 2. The molecule has 0 amide bonds. The summed E-state index contributed by atoms with van der Waals surface area (Å²) in [5, 5.41) is 5.76. The van der Waals surface area contributed by atoms with E-state index < -0.39 is 0 Å². The lowest BCUT2D eigenvalue weighted by molar-refractivity contribution is 0.415. The molecule has 0 fully saturated rings. The number of aromatic nitrogens is 2. The highest BCUT2D eigenvalue weighted by Gasteiger charge is 2.09. The lowest BCUT2D eigenvalue weighted by atomic mass is 10.1. The Morgan fingerprint density at radius 2 is 1.72 bits per heavy atom. The first-order chi connectivity index (χ1) is 8.79. The van der Waals surface area contributed by atoms with Crippen molar-refractivity contribution in [2.45, 2.75) is 0 Å². The molecule has 0 atom stereocenters. The van der Waals surface area contributed by atoms with Gasteiger partial charge in [0.2, 0.25) is 0 Å². The van der Waals surface area contributed by atoms with Gasteiger partial charge in [0.15, 0.2) is 0 Å². The van der Waals surface area contributed by atoms with Gasteiger partial charge in [0.1, 0.15) is 11.4 Å². The summed E-state index contributed by atoms with van der Waals surface area (Å²) in [5.74, 6) is 0.860. The number of methoxy groups -OCH3 is 1. The van der Waals surface area contributed by atoms with Crippen molar-refractivity contribution in [3.8, 4) is 17.0 Å². The number of para-hydroxylation sites is 1. The Labute approximate surface area is 106 Å². The third-order valence-corrected chi connectivity index (χ3v) is 3.12. The highest BCUT2D eigenvalue weighted by molar-refractivity contribution is 5.93. The first-order valence-electron chi connectivity index (χ1n) is 5.86. The molecule has 2 aromatic carbocycles. The van der Waals surface area contributed by atoms with Gasteiger partial charge in [-0.1, -0.05) is 18.2 Å². The number of ether oxygens (including phenoxy) is 1. The van der Waals surface area contributed by atoms with Gasteiger partial charge < -0.3 is 4.74 Å². The van der Waals surface area contributed by atoms with Crippen LogP contribution in [0.5, 0.6) is 5.75 Å². The summed E-state index contributed by atoms with van der Waals surface area (Å²) in [5.41, 5.74) is 3.26. The molecule has 0 saturated heterocycles. The fraction of sp³-hybridized carbons (Fsp3) is 0.133. The smallest absolute Gasteiger partial charge is 0.118 e. The molecule has 3 aromatic rings. The maximum atomic E-state index is 5.17. The number of hydrogen-bond donors (Lipinski definition) is 0. The molecule has 18 heavy (non-hydrogen) atoms. The maximum Gasteiger partial charge on any atom is 0.118 e. The summed E-state index contributed by atoms with van der Waals surface area (Å²) in [6, 6.07) is 16.2. The fourth-order valence-corrected chi connectivity index (χ4v) is 2.18. The molecule has 0 radical (unpaired) electrons. The third kappa shape index (κ3) is 1.64. The molecule has 0 aliphatic heterocycles. The molecule has 1 aromatic heterocycles. The van der Waals surface area contributed by atoms with Crippen LogP contribution in [-0.4, -0.2) is 16.9 Å². The Morgan fingerprint density at radius 3 is 2.44 bits per heavy atom. The molecule has 3 heteroatoms. The number of hydrogen-bond acceptors (Lipinski definition) is 2. The van der Waals surface area contributed by atoms with E-state index in [-0.39, 0.29) is 0 Å². The molecule has 90 valence electrons. The molecular formula is C15H14N2O. The van der Waals surface area contributed by atoms with Gasteiger partial charge in [0.05, 0.1) is 12.6 Å². The van der Waals surface area contributed by atoms with Crippen LogP contribution in [0.2, 0.25) is 0 Å². The molecule has 1 heterocycles. The molecule has 0 saturated carbocycles. The first kappa shape index (κ1) is 10.8. The van der Waals surface area contributed by atoms with Crippen LogP contribution in [0.1, 0.15) is 0 Å². The van der Waals surface area contributed by atoms with Crippen molar-refractivity contribution in [2.75, 3.05) is 7.11 Å². The normalized spacial score (nSPS) is 10.8. The van der Waals surface area contributed by atoms with Crippen molar-refractivity contribution >= 4 is 10.9 Å². The molecule has 0 spiro atoms. The molecule has 3 nitrogen and oxygen atoms in total. The standard InChI is InChI=1S/C15H14N2O/c1-17-14-6-4-3-5-13(14)15(16-17)11-7-9-12(18-2)10-8-11/h3-10H,1-2H3. The van der Waals surface area contributed by atoms with E-state index >= 15 is 0 Å². The van der Waals surface area contributed by atoms with E-state index in [2.05, 4.69) is 17.2 Å². The van der Waals surface area contributed by atoms with Crippen LogP contribution < -0.4 is 4.74 Å². The van der Waals surface area contributed by atoms with Crippen molar-refractivity contribution in [1.29, 1.82) is 0 Å². The van der Waals surface area contributed by atoms with Gasteiger partial charge in [-0.25, -0.2) is 0 Å². The Bertz CT molecular complexity index is 683. The topological polar surface area (TPSA) is 27.1 Å². The minimum absolute atomic E-state index is 0.860. The minimum Gasteiger partial charge on any atom is -0.497 e. The first-order valence-corrected chi connectivity index (χ1v) is 5.86. The summed E-state index contributed by atoms with van der Waals surface area (Å²) >= 11 is 0. The highest BCUT2D eigenvalue weighted by Crippen LogP contribution is 2.28. The van der Waals surface area contributed by atoms with Crippen LogP contribution in [0.4, 0.5) is 0 Å². The lowest BCUT2D eigenvalue weighted by Crippen LogP contribution is -1.89. The molecule has 0 unspecified atom stereocenters. The van der Waals surface area contributed by atoms with Gasteiger partial charge in [0, 0.05) is 18.0 Å². The second-order valence-electron chi connectivity index (χ2n) is 4.22. The zero-order valence-corrected chi connectivity index (χ0v) is 10.4. The molecule has 0 N–H and O–H groups in total. The summed E-state index contributed by atoms with van der Waals surface area (Å²) in [6.45, 7) is 0. The number of nitrogens with zero attached hydrogens (tertiary/aromatic N) is 2. The van der Waals surface area contributed by atoms with E-state index in [1.165, 1.54) is 5.39 Å². The van der Waals surface area contributed by atoms with E-state index in [0.717, 1.165) is 22.5 Å². The van der Waals surface area contributed by atoms with Gasteiger partial charge in [-0.05, 0) is 30.3 Å². The van der Waals surface area contributed by atoms with Gasteiger partial charge in [0.25, 0.3) is 0 Å². The van der Waals surface area contributed by atoms with Gasteiger partial charge in [-0.2, -0.15) is 5.10 Å². The summed E-state index contributed by atoms with van der Waals surface area (Å²) in [7, 11) is 3.64. The van der Waals surface area contributed by atoms with Gasteiger partial charge in [-0.3, -0.25) is 4.68 Å². The maximum absolute atomic E-state index is 5.17. The monoisotopic (exact) mass is 238 g/mol. The Morgan fingerprint density at radius 1 is 1.00 bits per heavy atom. The second kappa shape index (κ2) is 4.18. The van der Waals surface area contributed by atoms with E-state index in [1.54, 1.807) is 7.11 Å². The number of aryl methyl sites for hydroxylation is 1. The quantitative estimate of drug-likeness (QED) is 0.685. The second-order valence-corrected chi connectivity index (χ2v) is 4.22. The zero-order chi connectivity index (χ0) is 12.5. The molecule has 0 aliphatic rings. The van der Waals surface area contributed by atoms with E-state index in [1.807, 2.05) is 48.1 Å². The molecule has 3 rings (SSSR count). The van der Waals surface area contributed by atoms with Crippen molar-refractivity contribution in [3.63, 3.8) is 0 Å². The fourth-order valence-electron chi connectivity index (χ4n) is 2.18. The summed E-state index contributed by atoms with van der Waals surface area (Å²) in [4.78, 5) is 0. The highest BCUT2D eigenvalue weighted by atomic mass is 16.5. The van der Waals surface area contributed by atoms with Crippen LogP contribution in [0.3, 0.4) is 0 Å². The van der Waals surface area contributed by atoms with E-state index in [4.69, 9.17) is 4.74 Å². The van der Waals surface area contributed by atoms with Crippen LogP contribution in [0.15, 0.2) is 48.5 Å². The van der Waals surface area contributed by atoms with Crippen LogP contribution in [0, 0.1) is 0 Å². The van der Waals surface area contributed by atoms with Crippen LogP contribution in [0.25, 0.3) is 22.2 Å². The SMILES string of the molecule is COc1ccc(-c2nn(C)c3ccccc23)cc1. The van der Waals surface area contributed by atoms with Crippen LogP contribution >= 0.6 is 0 Å².